The Bertz CT molecular complexity index is 1370. The molecule has 0 saturated heterocycles. The lowest BCUT2D eigenvalue weighted by Crippen LogP contribution is -2.53. The van der Waals surface area contributed by atoms with Gasteiger partial charge in [-0.25, -0.2) is 8.42 Å². The first-order valence-corrected chi connectivity index (χ1v) is 14.9. The van der Waals surface area contributed by atoms with E-state index < -0.39 is 28.5 Å². The summed E-state index contributed by atoms with van der Waals surface area (Å²) in [4.78, 5) is 28.7. The van der Waals surface area contributed by atoms with E-state index in [-0.39, 0.29) is 34.1 Å². The number of carbonyl (C=O) groups excluding carboxylic acids is 2. The van der Waals surface area contributed by atoms with Crippen molar-refractivity contribution in [1.29, 1.82) is 0 Å². The maximum atomic E-state index is 14.0. The van der Waals surface area contributed by atoms with Gasteiger partial charge in [-0.1, -0.05) is 79.5 Å². The number of para-hydroxylation sites is 1. The number of hydrogen-bond donors (Lipinski definition) is 1. The van der Waals surface area contributed by atoms with Crippen LogP contribution >= 0.6 is 23.2 Å². The Labute approximate surface area is 240 Å². The summed E-state index contributed by atoms with van der Waals surface area (Å²) in [6.07, 6.45) is 1.06. The van der Waals surface area contributed by atoms with Crippen molar-refractivity contribution in [2.75, 3.05) is 10.8 Å². The van der Waals surface area contributed by atoms with Gasteiger partial charge in [-0.3, -0.25) is 13.9 Å². The molecule has 0 aliphatic carbocycles. The first-order chi connectivity index (χ1) is 18.6. The summed E-state index contributed by atoms with van der Waals surface area (Å²) in [5.41, 5.74) is 0.915. The van der Waals surface area contributed by atoms with Crippen LogP contribution in [0.15, 0.2) is 83.8 Å². The topological polar surface area (TPSA) is 86.8 Å². The third-order valence-electron chi connectivity index (χ3n) is 6.38. The molecule has 0 bridgehead atoms. The van der Waals surface area contributed by atoms with Gasteiger partial charge >= 0.3 is 0 Å². The van der Waals surface area contributed by atoms with Gasteiger partial charge in [0.2, 0.25) is 11.8 Å². The van der Waals surface area contributed by atoms with Crippen molar-refractivity contribution in [3.63, 3.8) is 0 Å². The van der Waals surface area contributed by atoms with Crippen molar-refractivity contribution in [2.45, 2.75) is 57.1 Å². The quantitative estimate of drug-likeness (QED) is 0.284. The predicted octanol–water partition coefficient (Wildman–Crippen LogP) is 5.91. The molecule has 10 heteroatoms. The SMILES string of the molecule is CC[C@@H](C)NC(=O)[C@H](CC)N(Cc1ccc(Cl)cc1)C(=O)CN(c1ccccc1Cl)S(=O)(=O)c1ccccc1. The number of benzene rings is 3. The summed E-state index contributed by atoms with van der Waals surface area (Å²) < 4.78 is 28.6. The second kappa shape index (κ2) is 13.8. The van der Waals surface area contributed by atoms with Gasteiger partial charge in [-0.05, 0) is 61.7 Å². The molecule has 3 aromatic rings. The van der Waals surface area contributed by atoms with Crippen LogP contribution in [0.1, 0.15) is 39.2 Å². The van der Waals surface area contributed by atoms with Crippen molar-refractivity contribution < 1.29 is 18.0 Å². The lowest BCUT2D eigenvalue weighted by molar-refractivity contribution is -0.140. The minimum absolute atomic E-state index is 0.0172. The molecule has 0 aromatic heterocycles. The third-order valence-corrected chi connectivity index (χ3v) is 8.73. The Morgan fingerprint density at radius 3 is 2.08 bits per heavy atom. The van der Waals surface area contributed by atoms with Crippen molar-refractivity contribution in [3.8, 4) is 0 Å². The molecule has 0 aliphatic rings. The van der Waals surface area contributed by atoms with Crippen LogP contribution in [-0.2, 0) is 26.2 Å². The van der Waals surface area contributed by atoms with E-state index in [0.717, 1.165) is 16.3 Å². The Morgan fingerprint density at radius 1 is 0.872 bits per heavy atom. The fourth-order valence-corrected chi connectivity index (χ4v) is 5.90. The Morgan fingerprint density at radius 2 is 1.49 bits per heavy atom. The van der Waals surface area contributed by atoms with Crippen molar-refractivity contribution in [3.05, 3.63) is 94.5 Å². The first kappa shape index (κ1) is 30.5. The number of carbonyl (C=O) groups is 2. The highest BCUT2D eigenvalue weighted by molar-refractivity contribution is 7.92. The number of hydrogen-bond acceptors (Lipinski definition) is 4. The average molecular weight is 591 g/mol. The van der Waals surface area contributed by atoms with Gasteiger partial charge in [0.25, 0.3) is 10.0 Å². The first-order valence-electron chi connectivity index (χ1n) is 12.7. The van der Waals surface area contributed by atoms with Crippen molar-refractivity contribution in [1.82, 2.24) is 10.2 Å². The zero-order chi connectivity index (χ0) is 28.6. The van der Waals surface area contributed by atoms with Gasteiger partial charge in [-0.15, -0.1) is 0 Å². The van der Waals surface area contributed by atoms with E-state index in [9.17, 15) is 18.0 Å². The smallest absolute Gasteiger partial charge is 0.264 e. The summed E-state index contributed by atoms with van der Waals surface area (Å²) in [5, 5.41) is 3.67. The second-order valence-electron chi connectivity index (χ2n) is 9.17. The minimum Gasteiger partial charge on any atom is -0.352 e. The largest absolute Gasteiger partial charge is 0.352 e. The molecule has 0 spiro atoms. The van der Waals surface area contributed by atoms with Crippen LogP contribution in [0.2, 0.25) is 10.0 Å². The van der Waals surface area contributed by atoms with Gasteiger partial charge in [0, 0.05) is 17.6 Å². The molecule has 0 saturated carbocycles. The number of sulfonamides is 1. The van der Waals surface area contributed by atoms with Crippen LogP contribution in [0, 0.1) is 0 Å². The molecule has 0 fully saturated rings. The fraction of sp³-hybridized carbons (Fsp3) is 0.310. The maximum Gasteiger partial charge on any atom is 0.264 e. The van der Waals surface area contributed by atoms with Gasteiger partial charge < -0.3 is 10.2 Å². The number of nitrogens with zero attached hydrogens (tertiary/aromatic N) is 2. The van der Waals surface area contributed by atoms with E-state index in [1.54, 1.807) is 66.7 Å². The summed E-state index contributed by atoms with van der Waals surface area (Å²) in [6, 6.07) is 20.3. The molecule has 0 heterocycles. The maximum absolute atomic E-state index is 14.0. The lowest BCUT2D eigenvalue weighted by Gasteiger charge is -2.34. The summed E-state index contributed by atoms with van der Waals surface area (Å²) >= 11 is 12.5. The summed E-state index contributed by atoms with van der Waals surface area (Å²) in [6.45, 7) is 5.20. The number of halogens is 2. The molecule has 3 aromatic carbocycles. The molecule has 3 rings (SSSR count). The van der Waals surface area contributed by atoms with Gasteiger partial charge in [0.05, 0.1) is 15.6 Å². The number of anilines is 1. The van der Waals surface area contributed by atoms with E-state index in [1.807, 2.05) is 20.8 Å². The van der Waals surface area contributed by atoms with Gasteiger partial charge in [0.15, 0.2) is 0 Å². The molecule has 39 heavy (non-hydrogen) atoms. The molecule has 7 nitrogen and oxygen atoms in total. The molecule has 0 unspecified atom stereocenters. The highest BCUT2D eigenvalue weighted by Gasteiger charge is 2.34. The van der Waals surface area contributed by atoms with Crippen LogP contribution in [0.5, 0.6) is 0 Å². The standard InChI is InChI=1S/C29H33Cl2N3O4S/c1-4-21(3)32-29(36)26(5-2)33(19-22-15-17-23(30)18-16-22)28(35)20-34(27-14-10-9-13-25(27)31)39(37,38)24-11-7-6-8-12-24/h6-18,21,26H,4-5,19-20H2,1-3H3,(H,32,36)/t21-,26+/m1/s1. The monoisotopic (exact) mass is 589 g/mol. The molecular weight excluding hydrogens is 557 g/mol. The van der Waals surface area contributed by atoms with E-state index in [4.69, 9.17) is 23.2 Å². The predicted molar refractivity (Wildman–Crippen MR) is 156 cm³/mol. The molecule has 0 aliphatic heterocycles. The van der Waals surface area contributed by atoms with Crippen molar-refractivity contribution in [2.24, 2.45) is 0 Å². The third kappa shape index (κ3) is 7.75. The zero-order valence-electron chi connectivity index (χ0n) is 22.2. The van der Waals surface area contributed by atoms with Crippen LogP contribution in [0.4, 0.5) is 5.69 Å². The zero-order valence-corrected chi connectivity index (χ0v) is 24.5. The van der Waals surface area contributed by atoms with Crippen molar-refractivity contribution >= 4 is 50.7 Å². The van der Waals surface area contributed by atoms with E-state index in [2.05, 4.69) is 5.32 Å². The highest BCUT2D eigenvalue weighted by atomic mass is 35.5. The Hall–Kier alpha value is -3.07. The van der Waals surface area contributed by atoms with Crippen LogP contribution < -0.4 is 9.62 Å². The Balaban J connectivity index is 2.05. The summed E-state index contributed by atoms with van der Waals surface area (Å²) in [5.74, 6) is -0.847. The lowest BCUT2D eigenvalue weighted by atomic mass is 10.1. The Kier molecular flexibility index (Phi) is 10.8. The molecule has 0 radical (unpaired) electrons. The number of rotatable bonds is 12. The van der Waals surface area contributed by atoms with E-state index in [1.165, 1.54) is 17.0 Å². The van der Waals surface area contributed by atoms with Gasteiger partial charge in [-0.2, -0.15) is 0 Å². The van der Waals surface area contributed by atoms with E-state index in [0.29, 0.717) is 11.4 Å². The number of nitrogens with one attached hydrogen (secondary N) is 1. The van der Waals surface area contributed by atoms with Crippen LogP contribution in [0.3, 0.4) is 0 Å². The highest BCUT2D eigenvalue weighted by Crippen LogP contribution is 2.30. The molecule has 2 amide bonds. The molecule has 208 valence electrons. The average Bonchev–Trinajstić information content (AvgIpc) is 2.93. The van der Waals surface area contributed by atoms with Crippen LogP contribution in [-0.4, -0.2) is 43.8 Å². The molecule has 1 N–H and O–H groups in total. The van der Waals surface area contributed by atoms with Crippen LogP contribution in [0.25, 0.3) is 0 Å². The minimum atomic E-state index is -4.18. The van der Waals surface area contributed by atoms with Gasteiger partial charge in [0.1, 0.15) is 12.6 Å². The fourth-order valence-electron chi connectivity index (χ4n) is 4.03. The normalized spacial score (nSPS) is 12.8. The molecular formula is C29H33Cl2N3O4S. The second-order valence-corrected chi connectivity index (χ2v) is 11.9. The van der Waals surface area contributed by atoms with E-state index >= 15 is 0 Å². The number of amides is 2. The molecule has 2 atom stereocenters. The summed E-state index contributed by atoms with van der Waals surface area (Å²) in [7, 11) is -4.18.